The van der Waals surface area contributed by atoms with Gasteiger partial charge in [-0.05, 0) is 49.6 Å². The smallest absolute Gasteiger partial charge is 0.227 e. The van der Waals surface area contributed by atoms with Gasteiger partial charge < -0.3 is 10.6 Å². The van der Waals surface area contributed by atoms with E-state index in [-0.39, 0.29) is 11.8 Å². The number of rotatable bonds is 4. The Labute approximate surface area is 134 Å². The van der Waals surface area contributed by atoms with Crippen LogP contribution in [0.5, 0.6) is 0 Å². The zero-order chi connectivity index (χ0) is 15.5. The van der Waals surface area contributed by atoms with E-state index in [4.69, 9.17) is 11.6 Å². The number of carbonyl (C=O) groups is 1. The molecule has 0 atom stereocenters. The molecule has 1 aliphatic rings. The summed E-state index contributed by atoms with van der Waals surface area (Å²) in [6.07, 6.45) is 4.80. The molecule has 5 heteroatoms. The van der Waals surface area contributed by atoms with Crippen molar-refractivity contribution < 1.29 is 4.79 Å². The molecule has 1 aromatic heterocycles. The second kappa shape index (κ2) is 6.36. The number of nitrogens with zero attached hydrogens (tertiary/aromatic N) is 1. The molecule has 0 aliphatic heterocycles. The van der Waals surface area contributed by atoms with Gasteiger partial charge >= 0.3 is 0 Å². The molecular formula is C17H18ClN3O. The molecule has 1 heterocycles. The summed E-state index contributed by atoms with van der Waals surface area (Å²) in [4.78, 5) is 16.2. The van der Waals surface area contributed by atoms with Gasteiger partial charge in [0.2, 0.25) is 5.91 Å². The summed E-state index contributed by atoms with van der Waals surface area (Å²) >= 11 is 6.10. The number of hydrogen-bond donors (Lipinski definition) is 2. The van der Waals surface area contributed by atoms with Crippen LogP contribution in [0.1, 0.15) is 24.8 Å². The predicted octanol–water partition coefficient (Wildman–Crippen LogP) is 4.53. The molecule has 3 rings (SSSR count). The van der Waals surface area contributed by atoms with Crippen molar-refractivity contribution >= 4 is 34.7 Å². The van der Waals surface area contributed by atoms with Gasteiger partial charge in [-0.1, -0.05) is 24.1 Å². The van der Waals surface area contributed by atoms with Gasteiger partial charge in [-0.25, -0.2) is 4.98 Å². The lowest BCUT2D eigenvalue weighted by atomic mass is 9.85. The summed E-state index contributed by atoms with van der Waals surface area (Å²) < 4.78 is 0. The number of benzene rings is 1. The largest absolute Gasteiger partial charge is 0.340 e. The molecule has 2 N–H and O–H groups in total. The molecular weight excluding hydrogens is 298 g/mol. The van der Waals surface area contributed by atoms with E-state index < -0.39 is 0 Å². The molecule has 4 nitrogen and oxygen atoms in total. The van der Waals surface area contributed by atoms with Crippen LogP contribution in [0.25, 0.3) is 0 Å². The van der Waals surface area contributed by atoms with Crippen molar-refractivity contribution in [2.45, 2.75) is 26.2 Å². The van der Waals surface area contributed by atoms with E-state index in [2.05, 4.69) is 15.6 Å². The molecule has 0 radical (unpaired) electrons. The number of anilines is 3. The highest BCUT2D eigenvalue weighted by atomic mass is 35.5. The minimum atomic E-state index is 0.0964. The predicted molar refractivity (Wildman–Crippen MR) is 89.7 cm³/mol. The summed E-state index contributed by atoms with van der Waals surface area (Å²) in [6.45, 7) is 1.96. The highest BCUT2D eigenvalue weighted by Crippen LogP contribution is 2.28. The third-order valence-electron chi connectivity index (χ3n) is 3.95. The maximum Gasteiger partial charge on any atom is 0.227 e. The van der Waals surface area contributed by atoms with Gasteiger partial charge in [-0.3, -0.25) is 4.79 Å². The lowest BCUT2D eigenvalue weighted by molar-refractivity contribution is -0.122. The fraction of sp³-hybridized carbons (Fsp3) is 0.294. The molecule has 0 spiro atoms. The minimum Gasteiger partial charge on any atom is -0.340 e. The summed E-state index contributed by atoms with van der Waals surface area (Å²) in [6, 6.07) is 9.46. The fourth-order valence-corrected chi connectivity index (χ4v) is 2.46. The van der Waals surface area contributed by atoms with Gasteiger partial charge in [0.05, 0.1) is 11.9 Å². The first kappa shape index (κ1) is 14.9. The standard InChI is InChI=1S/C17H18ClN3O/c1-11-5-6-13(9-15(11)18)20-16-8-7-14(10-19-16)21-17(22)12-3-2-4-12/h5-10,12H,2-4H2,1H3,(H,19,20)(H,21,22). The van der Waals surface area contributed by atoms with Gasteiger partial charge in [0.1, 0.15) is 5.82 Å². The molecule has 22 heavy (non-hydrogen) atoms. The van der Waals surface area contributed by atoms with E-state index in [1.165, 1.54) is 0 Å². The second-order valence-electron chi connectivity index (χ2n) is 5.64. The zero-order valence-electron chi connectivity index (χ0n) is 12.4. The first-order valence-electron chi connectivity index (χ1n) is 7.42. The summed E-state index contributed by atoms with van der Waals surface area (Å²) in [5, 5.41) is 6.81. The van der Waals surface area contributed by atoms with Crippen LogP contribution >= 0.6 is 11.6 Å². The van der Waals surface area contributed by atoms with Crippen LogP contribution < -0.4 is 10.6 Å². The number of pyridine rings is 1. The van der Waals surface area contributed by atoms with Gasteiger partial charge in [0.15, 0.2) is 0 Å². The molecule has 0 saturated heterocycles. The third kappa shape index (κ3) is 3.39. The van der Waals surface area contributed by atoms with Crippen LogP contribution in [0.15, 0.2) is 36.5 Å². The highest BCUT2D eigenvalue weighted by Gasteiger charge is 2.25. The number of hydrogen-bond acceptors (Lipinski definition) is 3. The zero-order valence-corrected chi connectivity index (χ0v) is 13.2. The summed E-state index contributed by atoms with van der Waals surface area (Å²) in [5.41, 5.74) is 2.65. The summed E-state index contributed by atoms with van der Waals surface area (Å²) in [5.74, 6) is 0.980. The molecule has 1 fully saturated rings. The van der Waals surface area contributed by atoms with E-state index in [9.17, 15) is 4.79 Å². The highest BCUT2D eigenvalue weighted by molar-refractivity contribution is 6.31. The first-order chi connectivity index (χ1) is 10.6. The summed E-state index contributed by atoms with van der Waals surface area (Å²) in [7, 11) is 0. The van der Waals surface area contributed by atoms with Gasteiger partial charge in [0.25, 0.3) is 0 Å². The van der Waals surface area contributed by atoms with Gasteiger partial charge in [-0.15, -0.1) is 0 Å². The molecule has 1 amide bonds. The van der Waals surface area contributed by atoms with Crippen molar-refractivity contribution in [3.8, 4) is 0 Å². The van der Waals surface area contributed by atoms with Crippen LogP contribution in [-0.4, -0.2) is 10.9 Å². The number of aryl methyl sites for hydroxylation is 1. The SMILES string of the molecule is Cc1ccc(Nc2ccc(NC(=O)C3CCC3)cn2)cc1Cl. The van der Waals surface area contributed by atoms with Crippen molar-refractivity contribution in [2.75, 3.05) is 10.6 Å². The lowest BCUT2D eigenvalue weighted by Crippen LogP contribution is -2.28. The van der Waals surface area contributed by atoms with Crippen molar-refractivity contribution in [1.29, 1.82) is 0 Å². The van der Waals surface area contributed by atoms with E-state index >= 15 is 0 Å². The van der Waals surface area contributed by atoms with Gasteiger partial charge in [0, 0.05) is 16.6 Å². The molecule has 1 aliphatic carbocycles. The van der Waals surface area contributed by atoms with Crippen molar-refractivity contribution in [3.05, 3.63) is 47.1 Å². The van der Waals surface area contributed by atoms with E-state index in [1.807, 2.05) is 37.3 Å². The average Bonchev–Trinajstić information content (AvgIpc) is 2.43. The number of carbonyl (C=O) groups excluding carboxylic acids is 1. The average molecular weight is 316 g/mol. The minimum absolute atomic E-state index is 0.0964. The Morgan fingerprint density at radius 2 is 2.00 bits per heavy atom. The molecule has 2 aromatic rings. The maximum atomic E-state index is 11.9. The number of halogens is 1. The van der Waals surface area contributed by atoms with Crippen molar-refractivity contribution in [1.82, 2.24) is 4.98 Å². The first-order valence-corrected chi connectivity index (χ1v) is 7.80. The van der Waals surface area contributed by atoms with Crippen molar-refractivity contribution in [3.63, 3.8) is 0 Å². The monoisotopic (exact) mass is 315 g/mol. The number of amides is 1. The lowest BCUT2D eigenvalue weighted by Gasteiger charge is -2.23. The normalized spacial score (nSPS) is 14.3. The Morgan fingerprint density at radius 3 is 2.59 bits per heavy atom. The van der Waals surface area contributed by atoms with E-state index in [1.54, 1.807) is 6.20 Å². The van der Waals surface area contributed by atoms with Crippen LogP contribution in [0.3, 0.4) is 0 Å². The molecule has 0 bridgehead atoms. The molecule has 114 valence electrons. The fourth-order valence-electron chi connectivity index (χ4n) is 2.28. The Bertz CT molecular complexity index is 681. The Balaban J connectivity index is 1.63. The Kier molecular flexibility index (Phi) is 4.29. The van der Waals surface area contributed by atoms with Gasteiger partial charge in [-0.2, -0.15) is 0 Å². The maximum absolute atomic E-state index is 11.9. The van der Waals surface area contributed by atoms with Crippen molar-refractivity contribution in [2.24, 2.45) is 5.92 Å². The Hall–Kier alpha value is -2.07. The second-order valence-corrected chi connectivity index (χ2v) is 6.05. The quantitative estimate of drug-likeness (QED) is 0.871. The molecule has 1 aromatic carbocycles. The van der Waals surface area contributed by atoms with E-state index in [0.29, 0.717) is 5.82 Å². The van der Waals surface area contributed by atoms with Crippen LogP contribution in [0.2, 0.25) is 5.02 Å². The van der Waals surface area contributed by atoms with Crippen LogP contribution in [0.4, 0.5) is 17.2 Å². The number of nitrogens with one attached hydrogen (secondary N) is 2. The topological polar surface area (TPSA) is 54.0 Å². The third-order valence-corrected chi connectivity index (χ3v) is 4.36. The molecule has 0 unspecified atom stereocenters. The van der Waals surface area contributed by atoms with Crippen LogP contribution in [0, 0.1) is 12.8 Å². The number of aromatic nitrogens is 1. The van der Waals surface area contributed by atoms with E-state index in [0.717, 1.165) is 41.2 Å². The van der Waals surface area contributed by atoms with Crippen LogP contribution in [-0.2, 0) is 4.79 Å². The Morgan fingerprint density at radius 1 is 1.23 bits per heavy atom. The molecule has 1 saturated carbocycles.